The van der Waals surface area contributed by atoms with Crippen LogP contribution in [0.25, 0.3) is 0 Å². The van der Waals surface area contributed by atoms with Crippen molar-refractivity contribution in [3.8, 4) is 0 Å². The van der Waals surface area contributed by atoms with Crippen LogP contribution in [0.3, 0.4) is 0 Å². The maximum atomic E-state index is 5.71. The molecule has 0 bridgehead atoms. The molecule has 90 valence electrons. The van der Waals surface area contributed by atoms with Crippen molar-refractivity contribution in [2.45, 2.75) is 38.5 Å². The number of rotatable bonds is 6. The van der Waals surface area contributed by atoms with Gasteiger partial charge in [-0.05, 0) is 49.6 Å². The van der Waals surface area contributed by atoms with E-state index in [9.17, 15) is 0 Å². The maximum absolute atomic E-state index is 5.71. The summed E-state index contributed by atoms with van der Waals surface area (Å²) in [7, 11) is 0. The summed E-state index contributed by atoms with van der Waals surface area (Å²) >= 11 is 1.94. The van der Waals surface area contributed by atoms with Crippen LogP contribution in [0.1, 0.15) is 32.3 Å². The van der Waals surface area contributed by atoms with Crippen LogP contribution in [-0.4, -0.2) is 12.3 Å². The molecule has 2 heteroatoms. The Labute approximate surface area is 104 Å². The van der Waals surface area contributed by atoms with E-state index >= 15 is 0 Å². The molecule has 0 unspecified atom stereocenters. The molecule has 0 radical (unpaired) electrons. The van der Waals surface area contributed by atoms with Crippen molar-refractivity contribution in [1.29, 1.82) is 0 Å². The van der Waals surface area contributed by atoms with Gasteiger partial charge in [-0.15, -0.1) is 11.8 Å². The van der Waals surface area contributed by atoms with Gasteiger partial charge < -0.3 is 5.73 Å². The van der Waals surface area contributed by atoms with E-state index in [0.717, 1.165) is 6.54 Å². The zero-order chi connectivity index (χ0) is 12.0. The molecule has 1 aromatic rings. The number of aryl methyl sites for hydroxylation is 1. The summed E-state index contributed by atoms with van der Waals surface area (Å²) in [5.41, 5.74) is 7.35. The van der Waals surface area contributed by atoms with E-state index in [0.29, 0.717) is 5.41 Å². The molecule has 0 spiro atoms. The molecule has 0 fully saturated rings. The fourth-order valence-electron chi connectivity index (χ4n) is 1.55. The fraction of sp³-hybridized carbons (Fsp3) is 0.571. The van der Waals surface area contributed by atoms with Gasteiger partial charge >= 0.3 is 0 Å². The Kier molecular flexibility index (Phi) is 5.36. The van der Waals surface area contributed by atoms with E-state index in [-0.39, 0.29) is 0 Å². The summed E-state index contributed by atoms with van der Waals surface area (Å²) < 4.78 is 0. The highest BCUT2D eigenvalue weighted by atomic mass is 32.2. The van der Waals surface area contributed by atoms with Crippen molar-refractivity contribution >= 4 is 11.8 Å². The lowest BCUT2D eigenvalue weighted by molar-refractivity contribution is 0.345. The monoisotopic (exact) mass is 237 g/mol. The fourth-order valence-corrected chi connectivity index (χ4v) is 2.52. The average molecular weight is 237 g/mol. The third-order valence-corrected chi connectivity index (χ3v) is 3.89. The number of thioether (sulfide) groups is 1. The maximum Gasteiger partial charge on any atom is 0.00745 e. The van der Waals surface area contributed by atoms with E-state index in [1.54, 1.807) is 0 Å². The minimum absolute atomic E-state index is 0.299. The summed E-state index contributed by atoms with van der Waals surface area (Å²) in [6, 6.07) is 8.70. The summed E-state index contributed by atoms with van der Waals surface area (Å²) in [5, 5.41) is 0. The van der Waals surface area contributed by atoms with Crippen molar-refractivity contribution in [3.05, 3.63) is 29.8 Å². The van der Waals surface area contributed by atoms with Crippen molar-refractivity contribution in [1.82, 2.24) is 0 Å². The lowest BCUT2D eigenvalue weighted by Crippen LogP contribution is -2.23. The predicted octanol–water partition coefficient (Wildman–Crippen LogP) is 3.85. The van der Waals surface area contributed by atoms with Crippen LogP contribution < -0.4 is 5.73 Å². The van der Waals surface area contributed by atoms with Crippen molar-refractivity contribution in [2.75, 3.05) is 12.3 Å². The molecule has 1 nitrogen and oxygen atoms in total. The van der Waals surface area contributed by atoms with Crippen LogP contribution in [0.5, 0.6) is 0 Å². The Balaban J connectivity index is 2.26. The standard InChI is InChI=1S/C14H23NS/c1-12-6-4-7-13(10-12)16-9-5-8-14(2,3)11-15/h4,6-7,10H,5,8-9,11,15H2,1-3H3. The van der Waals surface area contributed by atoms with Gasteiger partial charge in [0.15, 0.2) is 0 Å². The molecule has 1 rings (SSSR count). The molecule has 0 saturated heterocycles. The molecule has 0 aliphatic carbocycles. The quantitative estimate of drug-likeness (QED) is 0.600. The van der Waals surface area contributed by atoms with Crippen LogP contribution in [0.4, 0.5) is 0 Å². The highest BCUT2D eigenvalue weighted by Crippen LogP contribution is 2.25. The van der Waals surface area contributed by atoms with Gasteiger partial charge in [0.1, 0.15) is 0 Å². The molecule has 0 aromatic heterocycles. The van der Waals surface area contributed by atoms with Crippen molar-refractivity contribution < 1.29 is 0 Å². The second-order valence-corrected chi connectivity index (χ2v) is 6.31. The highest BCUT2D eigenvalue weighted by Gasteiger charge is 2.14. The van der Waals surface area contributed by atoms with Crippen LogP contribution in [-0.2, 0) is 0 Å². The largest absolute Gasteiger partial charge is 0.330 e. The number of nitrogens with two attached hydrogens (primary N) is 1. The van der Waals surface area contributed by atoms with E-state index < -0.39 is 0 Å². The van der Waals surface area contributed by atoms with Gasteiger partial charge in [0.25, 0.3) is 0 Å². The van der Waals surface area contributed by atoms with E-state index in [1.807, 2.05) is 11.8 Å². The number of hydrogen-bond acceptors (Lipinski definition) is 2. The SMILES string of the molecule is Cc1cccc(SCCCC(C)(C)CN)c1. The van der Waals surface area contributed by atoms with Gasteiger partial charge in [-0.1, -0.05) is 31.5 Å². The van der Waals surface area contributed by atoms with Gasteiger partial charge in [-0.25, -0.2) is 0 Å². The normalized spacial score (nSPS) is 11.8. The molecule has 2 N–H and O–H groups in total. The summed E-state index contributed by atoms with van der Waals surface area (Å²) in [4.78, 5) is 1.38. The second kappa shape index (κ2) is 6.31. The third kappa shape index (κ3) is 5.04. The minimum Gasteiger partial charge on any atom is -0.330 e. The molecular formula is C14H23NS. The lowest BCUT2D eigenvalue weighted by Gasteiger charge is -2.21. The molecule has 1 aromatic carbocycles. The Morgan fingerprint density at radius 1 is 1.31 bits per heavy atom. The molecule has 0 aliphatic heterocycles. The number of hydrogen-bond donors (Lipinski definition) is 1. The Morgan fingerprint density at radius 2 is 2.06 bits per heavy atom. The molecule has 0 heterocycles. The van der Waals surface area contributed by atoms with Crippen LogP contribution >= 0.6 is 11.8 Å². The topological polar surface area (TPSA) is 26.0 Å². The molecule has 16 heavy (non-hydrogen) atoms. The van der Waals surface area contributed by atoms with Crippen LogP contribution in [0.2, 0.25) is 0 Å². The lowest BCUT2D eigenvalue weighted by atomic mass is 9.88. The van der Waals surface area contributed by atoms with Gasteiger partial charge in [0.05, 0.1) is 0 Å². The van der Waals surface area contributed by atoms with Gasteiger partial charge in [0.2, 0.25) is 0 Å². The smallest absolute Gasteiger partial charge is 0.00745 e. The first kappa shape index (κ1) is 13.6. The number of benzene rings is 1. The molecule has 0 amide bonds. The highest BCUT2D eigenvalue weighted by molar-refractivity contribution is 7.99. The zero-order valence-corrected chi connectivity index (χ0v) is 11.4. The Morgan fingerprint density at radius 3 is 2.69 bits per heavy atom. The first-order valence-corrected chi connectivity index (χ1v) is 6.92. The van der Waals surface area contributed by atoms with Crippen molar-refractivity contribution in [2.24, 2.45) is 11.1 Å². The third-order valence-electron chi connectivity index (χ3n) is 2.81. The zero-order valence-electron chi connectivity index (χ0n) is 10.6. The first-order valence-electron chi connectivity index (χ1n) is 5.93. The molecule has 0 atom stereocenters. The first-order chi connectivity index (χ1) is 7.53. The van der Waals surface area contributed by atoms with E-state index in [4.69, 9.17) is 5.73 Å². The van der Waals surface area contributed by atoms with Gasteiger partial charge in [-0.2, -0.15) is 0 Å². The van der Waals surface area contributed by atoms with E-state index in [1.165, 1.54) is 29.1 Å². The van der Waals surface area contributed by atoms with Gasteiger partial charge in [0, 0.05) is 4.90 Å². The predicted molar refractivity (Wildman–Crippen MR) is 74.0 cm³/mol. The summed E-state index contributed by atoms with van der Waals surface area (Å²) in [6.45, 7) is 7.40. The Bertz CT molecular complexity index is 320. The van der Waals surface area contributed by atoms with Crippen LogP contribution in [0.15, 0.2) is 29.2 Å². The summed E-state index contributed by atoms with van der Waals surface area (Å²) in [5.74, 6) is 1.19. The Hall–Kier alpha value is -0.470. The molecular weight excluding hydrogens is 214 g/mol. The molecule has 0 aliphatic rings. The minimum atomic E-state index is 0.299. The van der Waals surface area contributed by atoms with Crippen LogP contribution in [0, 0.1) is 12.3 Å². The average Bonchev–Trinajstić information content (AvgIpc) is 2.25. The van der Waals surface area contributed by atoms with E-state index in [2.05, 4.69) is 45.0 Å². The second-order valence-electron chi connectivity index (χ2n) is 5.14. The summed E-state index contributed by atoms with van der Waals surface area (Å²) in [6.07, 6.45) is 2.45. The van der Waals surface area contributed by atoms with Crippen molar-refractivity contribution in [3.63, 3.8) is 0 Å². The van der Waals surface area contributed by atoms with Gasteiger partial charge in [-0.3, -0.25) is 0 Å². The molecule has 0 saturated carbocycles.